The van der Waals surface area contributed by atoms with E-state index in [2.05, 4.69) is 51.5 Å². The van der Waals surface area contributed by atoms with Crippen LogP contribution in [0.3, 0.4) is 0 Å². The maximum absolute atomic E-state index is 7.52. The quantitative estimate of drug-likeness (QED) is 0.0881. The summed E-state index contributed by atoms with van der Waals surface area (Å²) < 4.78 is 36.6. The third-order valence-corrected chi connectivity index (χ3v) is 17.9. The summed E-state index contributed by atoms with van der Waals surface area (Å²) in [6.45, 7) is 13.0. The molecule has 10 rings (SSSR count). The molecule has 0 atom stereocenters. The van der Waals surface area contributed by atoms with Crippen molar-refractivity contribution in [2.75, 3.05) is 34.0 Å². The summed E-state index contributed by atoms with van der Waals surface area (Å²) in [6.07, 6.45) is 1.98. The zero-order valence-corrected chi connectivity index (χ0v) is 52.9. The first kappa shape index (κ1) is 59.9. The lowest BCUT2D eigenvalue weighted by atomic mass is 10.1. The summed E-state index contributed by atoms with van der Waals surface area (Å²) in [5.41, 5.74) is 0.760. The van der Waals surface area contributed by atoms with Crippen molar-refractivity contribution in [3.05, 3.63) is 78.5 Å². The molecule has 0 spiro atoms. The number of H-pyrrole nitrogens is 2. The van der Waals surface area contributed by atoms with Crippen LogP contribution in [0.5, 0.6) is 40.2 Å². The summed E-state index contributed by atoms with van der Waals surface area (Å²) in [4.78, 5) is 37.0. The van der Waals surface area contributed by atoms with Crippen molar-refractivity contribution in [3.63, 3.8) is 0 Å². The molecule has 0 fully saturated rings. The van der Waals surface area contributed by atoms with Gasteiger partial charge in [-0.05, 0) is 49.1 Å². The molecule has 0 radical (unpaired) electrons. The Morgan fingerprint density at radius 2 is 0.654 bits per heavy atom. The summed E-state index contributed by atoms with van der Waals surface area (Å²) >= 11 is 87.5. The highest BCUT2D eigenvalue weighted by molar-refractivity contribution is 6.53. The van der Waals surface area contributed by atoms with Gasteiger partial charge in [-0.1, -0.05) is 187 Å². The van der Waals surface area contributed by atoms with Gasteiger partial charge in [-0.15, -0.1) is 0 Å². The van der Waals surface area contributed by atoms with Crippen LogP contribution in [-0.4, -0.2) is 73.9 Å². The second kappa shape index (κ2) is 24.0. The monoisotopic (exact) mass is 1330 g/mol. The molecule has 2 aliphatic heterocycles. The van der Waals surface area contributed by atoms with E-state index in [-0.39, 0.29) is 228 Å². The fraction of sp³-hybridized carbons (Fsp3) is 0.309. The van der Waals surface area contributed by atoms with Crippen LogP contribution in [0, 0.1) is 17.8 Å². The summed E-state index contributed by atoms with van der Waals surface area (Å²) in [6, 6.07) is 5.05. The largest absolute Gasteiger partial charge is 0.493 e. The smallest absolute Gasteiger partial charge is 0.211 e. The topological polar surface area (TPSA) is 164 Å². The van der Waals surface area contributed by atoms with E-state index < -0.39 is 0 Å². The number of hydrogen-bond acceptors (Lipinski definition) is 12. The molecular formula is C55H44Cl12N8O6. The number of para-hydroxylation sites is 1. The molecule has 2 N–H and O–H groups in total. The normalized spacial score (nSPS) is 12.1. The van der Waals surface area contributed by atoms with Crippen LogP contribution in [0.15, 0.2) is 18.2 Å². The Balaban J connectivity index is 1.41. The zero-order valence-electron chi connectivity index (χ0n) is 43.9. The maximum Gasteiger partial charge on any atom is 0.211 e. The first-order valence-corrected chi connectivity index (χ1v) is 29.5. The predicted molar refractivity (Wildman–Crippen MR) is 331 cm³/mol. The van der Waals surface area contributed by atoms with Crippen LogP contribution in [-0.2, 0) is 0 Å². The predicted octanol–water partition coefficient (Wildman–Crippen LogP) is 20.8. The molecule has 0 amide bonds. The standard InChI is InChI=1S/C55H44Cl12N8O6/c1-18(2)12-15-78-44-35(60)27-23(31(56)39(44)64)48-68-51-26-30(38(63)47(42(67)34(26)59)81-43-21(76-7)10-9-11-22(43)77-8)55(74-51)75-54-29-25(33(58)41(66)46(37(29)62)80-17-14-20(5)6)50(73-54)72-53-28-24(49(71-53)70-52(27)69-48)32(57)40(65)45(36(28)61)79-16-13-19(3)4/h9-11,18-20H,12-17H2,1-8H3,(H2,68,69,70,71,72,73,74,75). The molecule has 2 aliphatic rings. The van der Waals surface area contributed by atoms with Gasteiger partial charge in [0.2, 0.25) is 5.75 Å². The van der Waals surface area contributed by atoms with E-state index in [0.29, 0.717) is 19.3 Å². The minimum absolute atomic E-state index is 0.0000659. The number of ether oxygens (including phenoxy) is 6. The van der Waals surface area contributed by atoms with Gasteiger partial charge in [0, 0.05) is 0 Å². The van der Waals surface area contributed by atoms with Crippen molar-refractivity contribution in [2.24, 2.45) is 17.8 Å². The van der Waals surface area contributed by atoms with Gasteiger partial charge in [0.25, 0.3) is 0 Å². The van der Waals surface area contributed by atoms with Crippen molar-refractivity contribution in [1.29, 1.82) is 0 Å². The van der Waals surface area contributed by atoms with Crippen LogP contribution in [0.4, 0.5) is 0 Å². The number of aromatic amines is 2. The Labute approximate surface area is 524 Å². The van der Waals surface area contributed by atoms with Crippen molar-refractivity contribution in [1.82, 2.24) is 39.9 Å². The van der Waals surface area contributed by atoms with Crippen LogP contribution in [0.25, 0.3) is 89.7 Å². The minimum Gasteiger partial charge on any atom is -0.493 e. The number of methoxy groups -OCH3 is 2. The Bertz CT molecular complexity index is 4080. The van der Waals surface area contributed by atoms with Crippen molar-refractivity contribution < 1.29 is 28.4 Å². The van der Waals surface area contributed by atoms with Crippen molar-refractivity contribution in [2.45, 2.75) is 60.8 Å². The number of aromatic nitrogens is 8. The Kier molecular flexibility index (Phi) is 17.8. The lowest BCUT2D eigenvalue weighted by Crippen LogP contribution is -2.03. The first-order valence-electron chi connectivity index (χ1n) is 25.0. The van der Waals surface area contributed by atoms with Gasteiger partial charge in [0.1, 0.15) is 42.7 Å². The molecule has 5 aromatic carbocycles. The molecule has 8 bridgehead atoms. The number of fused-ring (bicyclic) bond motifs is 20. The van der Waals surface area contributed by atoms with Gasteiger partial charge in [-0.25, -0.2) is 29.9 Å². The highest BCUT2D eigenvalue weighted by Gasteiger charge is 2.36. The van der Waals surface area contributed by atoms with Crippen LogP contribution >= 0.6 is 139 Å². The third kappa shape index (κ3) is 10.7. The molecule has 0 aliphatic carbocycles. The number of nitrogens with zero attached hydrogens (tertiary/aromatic N) is 6. The average Bonchev–Trinajstić information content (AvgIpc) is 4.41. The SMILES string of the molecule is COc1cccc(OC)c1Oc1c(Cl)c(Cl)c2c3nc4nc(nc5[nH]c(nc6nc(nc([nH]3)c2c1Cl)-c1c(Cl)c(OCCC(C)C)c(Cl)c(Cl)c1-6)c1c(Cl)c(OCCC(C)C)c(Cl)c(Cl)c51)-c1c(Cl)c(OCCC(C)C)c(Cl)c(Cl)c1-4. The van der Waals surface area contributed by atoms with E-state index in [1.807, 2.05) is 0 Å². The van der Waals surface area contributed by atoms with Crippen LogP contribution in [0.2, 0.25) is 60.3 Å². The Morgan fingerprint density at radius 3 is 1.00 bits per heavy atom. The second-order valence-corrected chi connectivity index (χ2v) is 24.4. The first-order chi connectivity index (χ1) is 38.6. The molecule has 14 nitrogen and oxygen atoms in total. The Morgan fingerprint density at radius 1 is 0.358 bits per heavy atom. The highest BCUT2D eigenvalue weighted by Crippen LogP contribution is 2.57. The molecule has 3 aromatic heterocycles. The average molecular weight is 1340 g/mol. The number of rotatable bonds is 16. The third-order valence-electron chi connectivity index (χ3n) is 13.1. The summed E-state index contributed by atoms with van der Waals surface area (Å²) in [5.74, 6) is 1.43. The molecule has 0 saturated heterocycles. The van der Waals surface area contributed by atoms with Gasteiger partial charge in [-0.2, -0.15) is 0 Å². The molecule has 424 valence electrons. The van der Waals surface area contributed by atoms with Crippen molar-refractivity contribution in [3.8, 4) is 85.8 Å². The number of nitrogens with one attached hydrogen (secondary N) is 2. The molecule has 81 heavy (non-hydrogen) atoms. The Hall–Kier alpha value is -4.26. The van der Waals surface area contributed by atoms with Crippen LogP contribution in [0.1, 0.15) is 60.8 Å². The lowest BCUT2D eigenvalue weighted by molar-refractivity contribution is 0.290. The zero-order chi connectivity index (χ0) is 58.2. The summed E-state index contributed by atoms with van der Waals surface area (Å²) in [5, 5.41) is 0.316. The van der Waals surface area contributed by atoms with Gasteiger partial charge < -0.3 is 38.4 Å². The van der Waals surface area contributed by atoms with Gasteiger partial charge in [0.15, 0.2) is 57.8 Å². The maximum atomic E-state index is 7.52. The fourth-order valence-corrected chi connectivity index (χ4v) is 12.5. The molecule has 0 unspecified atom stereocenters. The molecule has 8 aromatic rings. The van der Waals surface area contributed by atoms with E-state index in [1.165, 1.54) is 14.2 Å². The summed E-state index contributed by atoms with van der Waals surface area (Å²) in [7, 11) is 2.93. The second-order valence-electron chi connectivity index (χ2n) is 19.9. The molecule has 26 heteroatoms. The van der Waals surface area contributed by atoms with E-state index in [1.54, 1.807) is 18.2 Å². The van der Waals surface area contributed by atoms with E-state index in [9.17, 15) is 0 Å². The van der Waals surface area contributed by atoms with Gasteiger partial charge in [-0.3, -0.25) is 0 Å². The minimum atomic E-state index is -0.138. The van der Waals surface area contributed by atoms with Crippen LogP contribution < -0.4 is 28.4 Å². The fourth-order valence-electron chi connectivity index (χ4n) is 8.95. The molecule has 5 heterocycles. The van der Waals surface area contributed by atoms with E-state index >= 15 is 0 Å². The van der Waals surface area contributed by atoms with Gasteiger partial charge in [0.05, 0.1) is 118 Å². The van der Waals surface area contributed by atoms with E-state index in [0.717, 1.165) is 0 Å². The number of benzene rings is 5. The van der Waals surface area contributed by atoms with E-state index in [4.69, 9.17) is 198 Å². The lowest BCUT2D eigenvalue weighted by Gasteiger charge is -2.16. The number of halogens is 12. The molecule has 0 saturated carbocycles. The highest BCUT2D eigenvalue weighted by atomic mass is 35.5. The van der Waals surface area contributed by atoms with Gasteiger partial charge >= 0.3 is 0 Å². The van der Waals surface area contributed by atoms with Crippen molar-refractivity contribution >= 4 is 183 Å². The number of hydrogen-bond donors (Lipinski definition) is 2. The molecular weight excluding hydrogens is 1290 g/mol.